The van der Waals surface area contributed by atoms with Crippen LogP contribution in [-0.4, -0.2) is 15.0 Å². The van der Waals surface area contributed by atoms with Gasteiger partial charge in [-0.2, -0.15) is 0 Å². The van der Waals surface area contributed by atoms with E-state index in [4.69, 9.17) is 19.4 Å². The number of hydrogen-bond donors (Lipinski definition) is 0. The van der Waals surface area contributed by atoms with Crippen molar-refractivity contribution in [2.45, 2.75) is 12.8 Å². The molecule has 0 bridgehead atoms. The summed E-state index contributed by atoms with van der Waals surface area (Å²) in [6, 6.07) is 28.9. The van der Waals surface area contributed by atoms with Crippen LogP contribution in [-0.2, 0) is 0 Å². The van der Waals surface area contributed by atoms with E-state index in [0.717, 1.165) is 62.3 Å². The zero-order chi connectivity index (χ0) is 23.2. The lowest BCUT2D eigenvalue weighted by Gasteiger charge is -2.11. The number of hydrogen-bond acceptors (Lipinski definition) is 4. The summed E-state index contributed by atoms with van der Waals surface area (Å²) in [4.78, 5) is 14.6. The van der Waals surface area contributed by atoms with E-state index in [9.17, 15) is 0 Å². The first-order chi connectivity index (χ1) is 17.3. The lowest BCUT2D eigenvalue weighted by atomic mass is 10.0. The lowest BCUT2D eigenvalue weighted by molar-refractivity contribution is 0.669. The second-order valence-corrected chi connectivity index (χ2v) is 8.82. The second-order valence-electron chi connectivity index (χ2n) is 8.82. The molecule has 4 nitrogen and oxygen atoms in total. The van der Waals surface area contributed by atoms with Crippen molar-refractivity contribution in [1.29, 1.82) is 0 Å². The van der Waals surface area contributed by atoms with Crippen LogP contribution in [0, 0.1) is 0 Å². The van der Waals surface area contributed by atoms with Gasteiger partial charge in [0, 0.05) is 27.5 Å². The summed E-state index contributed by atoms with van der Waals surface area (Å²) in [6.45, 7) is 0. The SMILES string of the molecule is C1=CC(c2nc(-c3ccccc3)nc(-c3ccc4cc5oc6ccccc6c5cc4c3)n2)=CCC1. The molecule has 35 heavy (non-hydrogen) atoms. The van der Waals surface area contributed by atoms with Crippen LogP contribution in [0.3, 0.4) is 0 Å². The van der Waals surface area contributed by atoms with Gasteiger partial charge in [0.05, 0.1) is 0 Å². The minimum atomic E-state index is 0.674. The maximum absolute atomic E-state index is 6.08. The molecule has 7 rings (SSSR count). The van der Waals surface area contributed by atoms with Crippen molar-refractivity contribution in [3.8, 4) is 22.8 Å². The predicted octanol–water partition coefficient (Wildman–Crippen LogP) is 7.99. The normalized spacial score (nSPS) is 13.5. The summed E-state index contributed by atoms with van der Waals surface area (Å²) in [7, 11) is 0. The van der Waals surface area contributed by atoms with Crippen molar-refractivity contribution < 1.29 is 4.42 Å². The summed E-state index contributed by atoms with van der Waals surface area (Å²) in [5, 5.41) is 4.49. The van der Waals surface area contributed by atoms with Crippen molar-refractivity contribution in [2.75, 3.05) is 0 Å². The first-order valence-corrected chi connectivity index (χ1v) is 11.9. The first kappa shape index (κ1) is 19.9. The fourth-order valence-electron chi connectivity index (χ4n) is 4.74. The molecule has 0 fully saturated rings. The summed E-state index contributed by atoms with van der Waals surface area (Å²) in [6.07, 6.45) is 8.54. The van der Waals surface area contributed by atoms with Crippen LogP contribution in [0.15, 0.2) is 108 Å². The van der Waals surface area contributed by atoms with E-state index in [-0.39, 0.29) is 0 Å². The van der Waals surface area contributed by atoms with Gasteiger partial charge >= 0.3 is 0 Å². The monoisotopic (exact) mass is 451 g/mol. The highest BCUT2D eigenvalue weighted by molar-refractivity contribution is 6.10. The molecule has 2 heterocycles. The van der Waals surface area contributed by atoms with Crippen molar-refractivity contribution in [2.24, 2.45) is 0 Å². The third kappa shape index (κ3) is 3.51. The van der Waals surface area contributed by atoms with Gasteiger partial charge in [0.25, 0.3) is 0 Å². The van der Waals surface area contributed by atoms with Gasteiger partial charge in [-0.25, -0.2) is 15.0 Å². The molecule has 0 amide bonds. The average Bonchev–Trinajstić information content (AvgIpc) is 3.29. The molecular weight excluding hydrogens is 430 g/mol. The largest absolute Gasteiger partial charge is 0.456 e. The zero-order valence-corrected chi connectivity index (χ0v) is 19.0. The number of allylic oxidation sites excluding steroid dienone is 4. The zero-order valence-electron chi connectivity index (χ0n) is 19.0. The lowest BCUT2D eigenvalue weighted by Crippen LogP contribution is -2.03. The van der Waals surface area contributed by atoms with Gasteiger partial charge in [-0.3, -0.25) is 0 Å². The molecule has 0 N–H and O–H groups in total. The van der Waals surface area contributed by atoms with E-state index in [2.05, 4.69) is 54.6 Å². The Bertz CT molecular complexity index is 1800. The molecule has 4 heteroatoms. The molecule has 1 aliphatic rings. The highest BCUT2D eigenvalue weighted by Gasteiger charge is 2.14. The maximum atomic E-state index is 6.08. The molecule has 0 atom stereocenters. The number of rotatable bonds is 3. The molecule has 166 valence electrons. The Balaban J connectivity index is 1.42. The number of fused-ring (bicyclic) bond motifs is 4. The summed E-state index contributed by atoms with van der Waals surface area (Å²) in [5.41, 5.74) is 4.79. The van der Waals surface area contributed by atoms with Crippen LogP contribution < -0.4 is 0 Å². The quantitative estimate of drug-likeness (QED) is 0.274. The van der Waals surface area contributed by atoms with E-state index in [1.54, 1.807) is 0 Å². The van der Waals surface area contributed by atoms with Crippen molar-refractivity contribution in [1.82, 2.24) is 15.0 Å². The standard InChI is InChI=1S/C31H21N3O/c1-3-9-20(10-4-1)29-32-30(21-11-5-2-6-12-21)34-31(33-29)23-16-15-22-19-28-26(18-24(22)17-23)25-13-7-8-14-27(25)35-28/h1,3-5,7-19H,2,6H2. The fraction of sp³-hybridized carbons (Fsp3) is 0.0645. The molecular formula is C31H21N3O. The number of nitrogens with zero attached hydrogens (tertiary/aromatic N) is 3. The van der Waals surface area contributed by atoms with E-state index >= 15 is 0 Å². The van der Waals surface area contributed by atoms with Crippen LogP contribution >= 0.6 is 0 Å². The van der Waals surface area contributed by atoms with Crippen molar-refractivity contribution in [3.63, 3.8) is 0 Å². The Morgan fingerprint density at radius 3 is 2.23 bits per heavy atom. The van der Waals surface area contributed by atoms with Crippen molar-refractivity contribution in [3.05, 3.63) is 109 Å². The highest BCUT2D eigenvalue weighted by atomic mass is 16.3. The Labute approximate surface area is 202 Å². The topological polar surface area (TPSA) is 51.8 Å². The van der Waals surface area contributed by atoms with Crippen LogP contribution in [0.5, 0.6) is 0 Å². The second kappa shape index (κ2) is 8.03. The third-order valence-corrected chi connectivity index (χ3v) is 6.51. The van der Waals surface area contributed by atoms with Gasteiger partial charge in [-0.05, 0) is 47.9 Å². The molecule has 0 spiro atoms. The minimum absolute atomic E-state index is 0.674. The van der Waals surface area contributed by atoms with Gasteiger partial charge in [-0.1, -0.05) is 78.9 Å². The molecule has 6 aromatic rings. The van der Waals surface area contributed by atoms with Gasteiger partial charge in [0.2, 0.25) is 0 Å². The van der Waals surface area contributed by atoms with Crippen LogP contribution in [0.4, 0.5) is 0 Å². The number of benzene rings is 4. The predicted molar refractivity (Wildman–Crippen MR) is 142 cm³/mol. The molecule has 4 aromatic carbocycles. The van der Waals surface area contributed by atoms with Gasteiger partial charge in [-0.15, -0.1) is 0 Å². The third-order valence-electron chi connectivity index (χ3n) is 6.51. The molecule has 0 radical (unpaired) electrons. The van der Waals surface area contributed by atoms with Crippen LogP contribution in [0.2, 0.25) is 0 Å². The molecule has 0 saturated heterocycles. The summed E-state index contributed by atoms with van der Waals surface area (Å²) in [5.74, 6) is 2.07. The van der Waals surface area contributed by atoms with Crippen LogP contribution in [0.25, 0.3) is 61.1 Å². The molecule has 0 aliphatic heterocycles. The van der Waals surface area contributed by atoms with Crippen molar-refractivity contribution >= 4 is 38.3 Å². The Morgan fingerprint density at radius 2 is 1.37 bits per heavy atom. The van der Waals surface area contributed by atoms with Crippen LogP contribution in [0.1, 0.15) is 18.7 Å². The maximum Gasteiger partial charge on any atom is 0.164 e. The van der Waals surface area contributed by atoms with E-state index < -0.39 is 0 Å². The van der Waals surface area contributed by atoms with E-state index in [1.165, 1.54) is 0 Å². The highest BCUT2D eigenvalue weighted by Crippen LogP contribution is 2.34. The molecule has 0 saturated carbocycles. The Kier molecular flexibility index (Phi) is 4.56. The summed E-state index contributed by atoms with van der Waals surface area (Å²) >= 11 is 0. The van der Waals surface area contributed by atoms with Gasteiger partial charge < -0.3 is 4.42 Å². The Morgan fingerprint density at radius 1 is 0.571 bits per heavy atom. The smallest absolute Gasteiger partial charge is 0.164 e. The molecule has 2 aromatic heterocycles. The van der Waals surface area contributed by atoms with E-state index in [1.807, 2.05) is 48.5 Å². The number of aromatic nitrogens is 3. The fourth-order valence-corrected chi connectivity index (χ4v) is 4.74. The minimum Gasteiger partial charge on any atom is -0.456 e. The summed E-state index contributed by atoms with van der Waals surface area (Å²) < 4.78 is 6.08. The van der Waals surface area contributed by atoms with Gasteiger partial charge in [0.15, 0.2) is 17.5 Å². The Hall–Kier alpha value is -4.57. The van der Waals surface area contributed by atoms with E-state index in [0.29, 0.717) is 17.5 Å². The van der Waals surface area contributed by atoms with Gasteiger partial charge in [0.1, 0.15) is 11.2 Å². The molecule has 1 aliphatic carbocycles. The molecule has 0 unspecified atom stereocenters. The number of furan rings is 1. The first-order valence-electron chi connectivity index (χ1n) is 11.9. The number of para-hydroxylation sites is 1. The average molecular weight is 452 g/mol.